The van der Waals surface area contributed by atoms with E-state index >= 15 is 0 Å². The number of hydrogen-bond donors (Lipinski definition) is 1. The summed E-state index contributed by atoms with van der Waals surface area (Å²) in [5.41, 5.74) is 6.26. The summed E-state index contributed by atoms with van der Waals surface area (Å²) in [6, 6.07) is 9.79. The van der Waals surface area contributed by atoms with E-state index in [2.05, 4.69) is 10.1 Å². The number of carbonyl (C=O) groups excluding carboxylic acids is 1. The molecule has 2 heterocycles. The summed E-state index contributed by atoms with van der Waals surface area (Å²) >= 11 is 0. The molecule has 0 bridgehead atoms. The maximum absolute atomic E-state index is 11.1. The standard InChI is InChI=1S/C12H12N4O2/c13-11(17)12-14-10-7-18-6-9(16(10)15-12)8-4-2-1-3-5-8/h1-5,9H,6-7H2,(H2,13,17). The zero-order valence-corrected chi connectivity index (χ0v) is 9.61. The molecule has 0 aliphatic carbocycles. The van der Waals surface area contributed by atoms with Crippen LogP contribution in [-0.4, -0.2) is 27.3 Å². The van der Waals surface area contributed by atoms with E-state index in [9.17, 15) is 4.79 Å². The second kappa shape index (κ2) is 4.23. The second-order valence-corrected chi connectivity index (χ2v) is 4.10. The van der Waals surface area contributed by atoms with Gasteiger partial charge in [0.05, 0.1) is 6.61 Å². The molecule has 1 unspecified atom stereocenters. The zero-order valence-electron chi connectivity index (χ0n) is 9.61. The lowest BCUT2D eigenvalue weighted by molar-refractivity contribution is 0.0608. The normalized spacial score (nSPS) is 18.3. The van der Waals surface area contributed by atoms with E-state index in [0.29, 0.717) is 19.0 Å². The number of nitrogens with two attached hydrogens (primary N) is 1. The maximum Gasteiger partial charge on any atom is 0.288 e. The number of ether oxygens (including phenoxy) is 1. The molecular weight excluding hydrogens is 232 g/mol. The highest BCUT2D eigenvalue weighted by Crippen LogP contribution is 2.23. The van der Waals surface area contributed by atoms with Gasteiger partial charge in [0.1, 0.15) is 12.6 Å². The van der Waals surface area contributed by atoms with Gasteiger partial charge in [-0.15, -0.1) is 5.10 Å². The molecule has 18 heavy (non-hydrogen) atoms. The summed E-state index contributed by atoms with van der Waals surface area (Å²) in [5, 5.41) is 4.16. The lowest BCUT2D eigenvalue weighted by Crippen LogP contribution is -2.25. The van der Waals surface area contributed by atoms with Crippen LogP contribution < -0.4 is 5.73 Å². The fourth-order valence-corrected chi connectivity index (χ4v) is 2.05. The minimum absolute atomic E-state index is 0.0384. The second-order valence-electron chi connectivity index (χ2n) is 4.10. The van der Waals surface area contributed by atoms with Gasteiger partial charge in [-0.1, -0.05) is 30.3 Å². The molecule has 1 aromatic carbocycles. The van der Waals surface area contributed by atoms with Crippen LogP contribution in [0.3, 0.4) is 0 Å². The highest BCUT2D eigenvalue weighted by atomic mass is 16.5. The Morgan fingerprint density at radius 1 is 1.39 bits per heavy atom. The van der Waals surface area contributed by atoms with Gasteiger partial charge in [-0.2, -0.15) is 0 Å². The van der Waals surface area contributed by atoms with E-state index in [1.165, 1.54) is 0 Å². The molecule has 6 heteroatoms. The number of fused-ring (bicyclic) bond motifs is 1. The first kappa shape index (κ1) is 10.9. The average molecular weight is 244 g/mol. The molecule has 3 rings (SSSR count). The van der Waals surface area contributed by atoms with Crippen molar-refractivity contribution in [3.8, 4) is 0 Å². The Balaban J connectivity index is 2.04. The molecule has 1 aliphatic rings. The molecule has 1 aromatic heterocycles. The quantitative estimate of drug-likeness (QED) is 0.833. The van der Waals surface area contributed by atoms with Gasteiger partial charge in [0.15, 0.2) is 5.82 Å². The lowest BCUT2D eigenvalue weighted by Gasteiger charge is -2.23. The van der Waals surface area contributed by atoms with E-state index in [1.54, 1.807) is 4.68 Å². The number of nitrogens with zero attached hydrogens (tertiary/aromatic N) is 3. The van der Waals surface area contributed by atoms with Crippen molar-refractivity contribution < 1.29 is 9.53 Å². The van der Waals surface area contributed by atoms with Gasteiger partial charge in [0, 0.05) is 0 Å². The van der Waals surface area contributed by atoms with Crippen molar-refractivity contribution in [2.75, 3.05) is 6.61 Å². The molecule has 2 aromatic rings. The Morgan fingerprint density at radius 2 is 2.17 bits per heavy atom. The van der Waals surface area contributed by atoms with Crippen molar-refractivity contribution in [3.63, 3.8) is 0 Å². The molecule has 1 aliphatic heterocycles. The summed E-state index contributed by atoms with van der Waals surface area (Å²) in [7, 11) is 0. The SMILES string of the molecule is NC(=O)c1nc2n(n1)C(c1ccccc1)COC2. The summed E-state index contributed by atoms with van der Waals surface area (Å²) < 4.78 is 7.20. The molecule has 6 nitrogen and oxygen atoms in total. The van der Waals surface area contributed by atoms with Crippen LogP contribution in [0.1, 0.15) is 28.0 Å². The predicted molar refractivity (Wildman–Crippen MR) is 62.8 cm³/mol. The summed E-state index contributed by atoms with van der Waals surface area (Å²) in [4.78, 5) is 15.2. The molecular formula is C12H12N4O2. The number of hydrogen-bond acceptors (Lipinski definition) is 4. The fourth-order valence-electron chi connectivity index (χ4n) is 2.05. The number of primary amides is 1. The van der Waals surface area contributed by atoms with Crippen LogP contribution in [0, 0.1) is 0 Å². The number of amides is 1. The third-order valence-electron chi connectivity index (χ3n) is 2.91. The first-order valence-electron chi connectivity index (χ1n) is 5.63. The molecule has 0 fully saturated rings. The van der Waals surface area contributed by atoms with Crippen LogP contribution in [0.25, 0.3) is 0 Å². The smallest absolute Gasteiger partial charge is 0.288 e. The fraction of sp³-hybridized carbons (Fsp3) is 0.250. The van der Waals surface area contributed by atoms with E-state index in [1.807, 2.05) is 30.3 Å². The van der Waals surface area contributed by atoms with Crippen molar-refractivity contribution in [1.29, 1.82) is 0 Å². The monoisotopic (exact) mass is 244 g/mol. The van der Waals surface area contributed by atoms with Crippen LogP contribution in [0.5, 0.6) is 0 Å². The van der Waals surface area contributed by atoms with Crippen molar-refractivity contribution in [2.45, 2.75) is 12.6 Å². The highest BCUT2D eigenvalue weighted by Gasteiger charge is 2.26. The number of aromatic nitrogens is 3. The van der Waals surface area contributed by atoms with Crippen molar-refractivity contribution in [3.05, 3.63) is 47.5 Å². The van der Waals surface area contributed by atoms with Gasteiger partial charge < -0.3 is 10.5 Å². The topological polar surface area (TPSA) is 83.0 Å². The minimum atomic E-state index is -0.622. The highest BCUT2D eigenvalue weighted by molar-refractivity contribution is 5.88. The predicted octanol–water partition coefficient (Wildman–Crippen LogP) is 0.497. The average Bonchev–Trinajstić information content (AvgIpc) is 2.83. The number of rotatable bonds is 2. The first-order valence-corrected chi connectivity index (χ1v) is 5.63. The molecule has 92 valence electrons. The minimum Gasteiger partial charge on any atom is -0.371 e. The van der Waals surface area contributed by atoms with Crippen LogP contribution in [0.15, 0.2) is 30.3 Å². The molecule has 1 amide bonds. The first-order chi connectivity index (χ1) is 8.75. The van der Waals surface area contributed by atoms with Crippen LogP contribution in [0.4, 0.5) is 0 Å². The largest absolute Gasteiger partial charge is 0.371 e. The molecule has 0 radical (unpaired) electrons. The summed E-state index contributed by atoms with van der Waals surface area (Å²) in [5.74, 6) is 0.0454. The van der Waals surface area contributed by atoms with Gasteiger partial charge >= 0.3 is 0 Å². The molecule has 1 atom stereocenters. The van der Waals surface area contributed by atoms with Gasteiger partial charge in [-0.25, -0.2) is 9.67 Å². The van der Waals surface area contributed by atoms with Crippen LogP contribution >= 0.6 is 0 Å². The van der Waals surface area contributed by atoms with Gasteiger partial charge in [-0.05, 0) is 5.56 Å². The third kappa shape index (κ3) is 1.76. The van der Waals surface area contributed by atoms with E-state index in [0.717, 1.165) is 5.56 Å². The summed E-state index contributed by atoms with van der Waals surface area (Å²) in [6.07, 6.45) is 0. The lowest BCUT2D eigenvalue weighted by atomic mass is 10.1. The van der Waals surface area contributed by atoms with Gasteiger partial charge in [0.25, 0.3) is 5.91 Å². The Kier molecular flexibility index (Phi) is 2.56. The Labute approximate surface area is 103 Å². The zero-order chi connectivity index (χ0) is 12.5. The van der Waals surface area contributed by atoms with Crippen LogP contribution in [0.2, 0.25) is 0 Å². The van der Waals surface area contributed by atoms with Crippen molar-refractivity contribution in [1.82, 2.24) is 14.8 Å². The Morgan fingerprint density at radius 3 is 2.89 bits per heavy atom. The molecule has 0 saturated heterocycles. The number of carbonyl (C=O) groups is 1. The van der Waals surface area contributed by atoms with Crippen molar-refractivity contribution in [2.24, 2.45) is 5.73 Å². The Bertz CT molecular complexity index is 579. The third-order valence-corrected chi connectivity index (χ3v) is 2.91. The summed E-state index contributed by atoms with van der Waals surface area (Å²) in [6.45, 7) is 0.863. The maximum atomic E-state index is 11.1. The van der Waals surface area contributed by atoms with E-state index in [4.69, 9.17) is 10.5 Å². The Hall–Kier alpha value is -2.21. The molecule has 2 N–H and O–H groups in total. The van der Waals surface area contributed by atoms with Gasteiger partial charge in [0.2, 0.25) is 5.82 Å². The molecule has 0 saturated carbocycles. The van der Waals surface area contributed by atoms with Gasteiger partial charge in [-0.3, -0.25) is 4.79 Å². The number of benzene rings is 1. The van der Waals surface area contributed by atoms with Crippen molar-refractivity contribution >= 4 is 5.91 Å². The molecule has 0 spiro atoms. The van der Waals surface area contributed by atoms with E-state index < -0.39 is 5.91 Å². The van der Waals surface area contributed by atoms with E-state index in [-0.39, 0.29) is 11.9 Å². The van der Waals surface area contributed by atoms with Crippen LogP contribution in [-0.2, 0) is 11.3 Å².